The summed E-state index contributed by atoms with van der Waals surface area (Å²) in [6.45, 7) is 4.47. The fourth-order valence-corrected chi connectivity index (χ4v) is 2.67. The average Bonchev–Trinajstić information content (AvgIpc) is 2.29. The molecule has 0 aliphatic heterocycles. The van der Waals surface area contributed by atoms with Crippen LogP contribution in [0.2, 0.25) is 0 Å². The van der Waals surface area contributed by atoms with Crippen molar-refractivity contribution in [2.75, 3.05) is 0 Å². The zero-order chi connectivity index (χ0) is 12.1. The fourth-order valence-electron chi connectivity index (χ4n) is 1.64. The highest BCUT2D eigenvalue weighted by molar-refractivity contribution is 14.1. The molecular weight excluding hydrogens is 379 g/mol. The van der Waals surface area contributed by atoms with Crippen molar-refractivity contribution in [3.8, 4) is 0 Å². The molecular formula is C12H18BrIN2. The Morgan fingerprint density at radius 2 is 2.19 bits per heavy atom. The molecule has 0 spiro atoms. The van der Waals surface area contributed by atoms with Crippen molar-refractivity contribution in [2.45, 2.75) is 32.7 Å². The van der Waals surface area contributed by atoms with Crippen LogP contribution in [-0.4, -0.2) is 0 Å². The predicted octanol–water partition coefficient (Wildman–Crippen LogP) is 3.99. The fraction of sp³-hybridized carbons (Fsp3) is 0.500. The van der Waals surface area contributed by atoms with Gasteiger partial charge in [0.1, 0.15) is 0 Å². The van der Waals surface area contributed by atoms with Gasteiger partial charge in [0.2, 0.25) is 0 Å². The summed E-state index contributed by atoms with van der Waals surface area (Å²) in [5.41, 5.74) is 4.16. The SMILES string of the molecule is CCC(C)CC(NN)c1cc(I)ccc1Br. The maximum Gasteiger partial charge on any atom is 0.0474 e. The molecule has 90 valence electrons. The van der Waals surface area contributed by atoms with Crippen LogP contribution in [0.15, 0.2) is 22.7 Å². The molecule has 0 aromatic heterocycles. The summed E-state index contributed by atoms with van der Waals surface area (Å²) in [5, 5.41) is 0. The van der Waals surface area contributed by atoms with Gasteiger partial charge >= 0.3 is 0 Å². The lowest BCUT2D eigenvalue weighted by molar-refractivity contribution is 0.407. The van der Waals surface area contributed by atoms with E-state index in [1.54, 1.807) is 0 Å². The van der Waals surface area contributed by atoms with Gasteiger partial charge in [-0.25, -0.2) is 0 Å². The van der Waals surface area contributed by atoms with Gasteiger partial charge in [-0.2, -0.15) is 0 Å². The van der Waals surface area contributed by atoms with Crippen molar-refractivity contribution in [1.82, 2.24) is 5.43 Å². The summed E-state index contributed by atoms with van der Waals surface area (Å²) >= 11 is 5.91. The number of benzene rings is 1. The number of nitrogens with two attached hydrogens (primary N) is 1. The van der Waals surface area contributed by atoms with Gasteiger partial charge in [0.25, 0.3) is 0 Å². The van der Waals surface area contributed by atoms with Gasteiger partial charge in [-0.15, -0.1) is 0 Å². The lowest BCUT2D eigenvalue weighted by Crippen LogP contribution is -2.29. The first-order chi connectivity index (χ1) is 7.58. The quantitative estimate of drug-likeness (QED) is 0.448. The first-order valence-corrected chi connectivity index (χ1v) is 7.36. The number of nitrogens with one attached hydrogen (secondary N) is 1. The summed E-state index contributed by atoms with van der Waals surface area (Å²) in [5.74, 6) is 6.33. The topological polar surface area (TPSA) is 38.0 Å². The molecule has 0 saturated heterocycles. The maximum atomic E-state index is 5.65. The van der Waals surface area contributed by atoms with Crippen LogP contribution in [0.1, 0.15) is 38.3 Å². The monoisotopic (exact) mass is 396 g/mol. The normalized spacial score (nSPS) is 14.8. The average molecular weight is 397 g/mol. The number of rotatable bonds is 5. The summed E-state index contributed by atoms with van der Waals surface area (Å²) < 4.78 is 2.36. The molecule has 3 N–H and O–H groups in total. The molecule has 0 radical (unpaired) electrons. The van der Waals surface area contributed by atoms with E-state index in [2.05, 4.69) is 76.0 Å². The highest BCUT2D eigenvalue weighted by Crippen LogP contribution is 2.29. The van der Waals surface area contributed by atoms with Crippen molar-refractivity contribution in [1.29, 1.82) is 0 Å². The lowest BCUT2D eigenvalue weighted by Gasteiger charge is -2.21. The second-order valence-corrected chi connectivity index (χ2v) is 6.23. The molecule has 2 nitrogen and oxygen atoms in total. The molecule has 0 heterocycles. The predicted molar refractivity (Wildman–Crippen MR) is 81.0 cm³/mol. The zero-order valence-electron chi connectivity index (χ0n) is 9.63. The summed E-state index contributed by atoms with van der Waals surface area (Å²) in [6, 6.07) is 6.57. The molecule has 0 aliphatic carbocycles. The number of halogens is 2. The minimum atomic E-state index is 0.221. The van der Waals surface area contributed by atoms with E-state index in [-0.39, 0.29) is 6.04 Å². The van der Waals surface area contributed by atoms with E-state index in [0.717, 1.165) is 10.9 Å². The molecule has 1 rings (SSSR count). The van der Waals surface area contributed by atoms with Gasteiger partial charge < -0.3 is 0 Å². The first-order valence-electron chi connectivity index (χ1n) is 5.49. The van der Waals surface area contributed by atoms with E-state index >= 15 is 0 Å². The Morgan fingerprint density at radius 3 is 2.75 bits per heavy atom. The van der Waals surface area contributed by atoms with Crippen LogP contribution in [0.4, 0.5) is 0 Å². The van der Waals surface area contributed by atoms with Crippen molar-refractivity contribution >= 4 is 38.5 Å². The summed E-state index contributed by atoms with van der Waals surface area (Å²) in [6.07, 6.45) is 2.24. The van der Waals surface area contributed by atoms with Crippen LogP contribution in [0.5, 0.6) is 0 Å². The third-order valence-corrected chi connectivity index (χ3v) is 4.26. The van der Waals surface area contributed by atoms with Crippen molar-refractivity contribution in [2.24, 2.45) is 11.8 Å². The van der Waals surface area contributed by atoms with Crippen LogP contribution in [-0.2, 0) is 0 Å². The summed E-state index contributed by atoms with van der Waals surface area (Å²) in [7, 11) is 0. The maximum absolute atomic E-state index is 5.65. The van der Waals surface area contributed by atoms with Crippen LogP contribution < -0.4 is 11.3 Å². The molecule has 1 aromatic rings. The summed E-state index contributed by atoms with van der Waals surface area (Å²) in [4.78, 5) is 0. The van der Waals surface area contributed by atoms with Crippen molar-refractivity contribution in [3.05, 3.63) is 31.8 Å². The Labute approximate surface area is 120 Å². The number of hydrazine groups is 1. The Kier molecular flexibility index (Phi) is 6.25. The Hall–Kier alpha value is 0.350. The molecule has 16 heavy (non-hydrogen) atoms. The van der Waals surface area contributed by atoms with E-state index in [1.807, 2.05) is 0 Å². The second kappa shape index (κ2) is 6.93. The molecule has 2 unspecified atom stereocenters. The zero-order valence-corrected chi connectivity index (χ0v) is 13.4. The van der Waals surface area contributed by atoms with Gasteiger partial charge in [-0.05, 0) is 58.7 Å². The van der Waals surface area contributed by atoms with E-state index in [1.165, 1.54) is 15.6 Å². The molecule has 0 saturated carbocycles. The van der Waals surface area contributed by atoms with Crippen LogP contribution in [0, 0.1) is 9.49 Å². The molecule has 0 aliphatic rings. The number of hydrogen-bond acceptors (Lipinski definition) is 2. The highest BCUT2D eigenvalue weighted by atomic mass is 127. The number of hydrogen-bond donors (Lipinski definition) is 2. The third-order valence-electron chi connectivity index (χ3n) is 2.87. The molecule has 0 bridgehead atoms. The van der Waals surface area contributed by atoms with Gasteiger partial charge in [0.15, 0.2) is 0 Å². The second-order valence-electron chi connectivity index (χ2n) is 4.13. The van der Waals surface area contributed by atoms with Gasteiger partial charge in [-0.3, -0.25) is 11.3 Å². The third kappa shape index (κ3) is 3.98. The van der Waals surface area contributed by atoms with Crippen LogP contribution in [0.25, 0.3) is 0 Å². The smallest absolute Gasteiger partial charge is 0.0474 e. The van der Waals surface area contributed by atoms with E-state index in [9.17, 15) is 0 Å². The van der Waals surface area contributed by atoms with E-state index in [0.29, 0.717) is 5.92 Å². The largest absolute Gasteiger partial charge is 0.271 e. The molecule has 0 amide bonds. The van der Waals surface area contributed by atoms with Crippen molar-refractivity contribution in [3.63, 3.8) is 0 Å². The minimum absolute atomic E-state index is 0.221. The molecule has 0 fully saturated rings. The van der Waals surface area contributed by atoms with E-state index in [4.69, 9.17) is 5.84 Å². The Bertz CT molecular complexity index is 344. The Morgan fingerprint density at radius 1 is 1.50 bits per heavy atom. The van der Waals surface area contributed by atoms with Gasteiger partial charge in [-0.1, -0.05) is 36.2 Å². The first kappa shape index (κ1) is 14.4. The molecule has 4 heteroatoms. The molecule has 1 aromatic carbocycles. The van der Waals surface area contributed by atoms with Gasteiger partial charge in [0, 0.05) is 14.1 Å². The van der Waals surface area contributed by atoms with Gasteiger partial charge in [0.05, 0.1) is 0 Å². The van der Waals surface area contributed by atoms with Crippen LogP contribution in [0.3, 0.4) is 0 Å². The highest BCUT2D eigenvalue weighted by Gasteiger charge is 2.15. The standard InChI is InChI=1S/C12H18BrIN2/c1-3-8(2)6-12(16-15)10-7-9(14)4-5-11(10)13/h4-5,7-8,12,16H,3,6,15H2,1-2H3. The minimum Gasteiger partial charge on any atom is -0.271 e. The lowest BCUT2D eigenvalue weighted by atomic mass is 9.95. The van der Waals surface area contributed by atoms with E-state index < -0.39 is 0 Å². The Balaban J connectivity index is 2.89. The van der Waals surface area contributed by atoms with Crippen LogP contribution >= 0.6 is 38.5 Å². The van der Waals surface area contributed by atoms with Crippen molar-refractivity contribution < 1.29 is 0 Å². The molecule has 2 atom stereocenters.